The smallest absolute Gasteiger partial charge is 0.247 e. The molecule has 0 fully saturated rings. The van der Waals surface area contributed by atoms with Crippen LogP contribution in [0.3, 0.4) is 0 Å². The third-order valence-electron chi connectivity index (χ3n) is 6.00. The molecule has 3 amide bonds. The van der Waals surface area contributed by atoms with Gasteiger partial charge in [0.2, 0.25) is 23.2 Å². The second kappa shape index (κ2) is 21.1. The standard InChI is InChI=1S/C27H35N7O3.4ClH/c28-12-14-34(15-13-29)25(35)17-22(30)26(36)33-24(11-10-19-6-2-1-3-7-19)27(37)32-21-16-20-8-4-5-9-23(20)31-18-21;;;;/h1-9,16,18,22,24H,10-15,17,28-30H2,(H,32,37)(H,33,36);4*1H/p-3/t22-,24-;;;;/m0..../s1. The molecule has 1 aromatic heterocycles. The summed E-state index contributed by atoms with van der Waals surface area (Å²) >= 11 is 0. The number of aromatic nitrogens is 1. The van der Waals surface area contributed by atoms with Crippen LogP contribution in [-0.4, -0.2) is 60.9 Å². The summed E-state index contributed by atoms with van der Waals surface area (Å²) in [6, 6.07) is 17.3. The highest BCUT2D eigenvalue weighted by Crippen LogP contribution is 2.15. The second-order valence-corrected chi connectivity index (χ2v) is 8.82. The molecule has 10 nitrogen and oxygen atoms in total. The fourth-order valence-electron chi connectivity index (χ4n) is 4.01. The number of rotatable bonds is 13. The number of fused-ring (bicyclic) bond motifs is 1. The summed E-state index contributed by atoms with van der Waals surface area (Å²) in [4.78, 5) is 43.4. The highest BCUT2D eigenvalue weighted by molar-refractivity contribution is 5.99. The Bertz CT molecular complexity index is 1200. The first-order valence-electron chi connectivity index (χ1n) is 12.4. The summed E-state index contributed by atoms with van der Waals surface area (Å²) in [5.41, 5.74) is 19.7. The van der Waals surface area contributed by atoms with Crippen molar-refractivity contribution in [3.05, 3.63) is 72.4 Å². The van der Waals surface area contributed by atoms with Crippen molar-refractivity contribution in [2.24, 2.45) is 17.2 Å². The number of hydrogen-bond acceptors (Lipinski definition) is 6. The molecule has 2 aromatic carbocycles. The SMILES string of the molecule is NCCN(CCN)C(=O)C[C@H](N)C(=O)N[C@@H](CCc1ccccc1)C(=O)Nc1c[nH+]c2ccccc2c1.[Cl-].[Cl-].[Cl-].[Cl-]. The van der Waals surface area contributed by atoms with Gasteiger partial charge in [0.15, 0.2) is 6.20 Å². The molecule has 14 heteroatoms. The van der Waals surface area contributed by atoms with Crippen LogP contribution in [0, 0.1) is 0 Å². The molecule has 228 valence electrons. The number of H-pyrrole nitrogens is 1. The molecule has 0 bridgehead atoms. The van der Waals surface area contributed by atoms with Crippen LogP contribution in [0.5, 0.6) is 0 Å². The van der Waals surface area contributed by atoms with E-state index in [4.69, 9.17) is 17.2 Å². The molecule has 3 aromatic rings. The number of carbonyl (C=O) groups excluding carboxylic acids is 3. The molecule has 0 saturated carbocycles. The van der Waals surface area contributed by atoms with Gasteiger partial charge in [-0.05, 0) is 30.5 Å². The van der Waals surface area contributed by atoms with Gasteiger partial charge >= 0.3 is 0 Å². The zero-order chi connectivity index (χ0) is 26.6. The van der Waals surface area contributed by atoms with Crippen LogP contribution in [0.4, 0.5) is 5.69 Å². The number of para-hydroxylation sites is 1. The molecule has 0 radical (unpaired) electrons. The number of nitrogens with zero attached hydrogens (tertiary/aromatic N) is 1. The van der Waals surface area contributed by atoms with Gasteiger partial charge in [-0.1, -0.05) is 42.5 Å². The lowest BCUT2D eigenvalue weighted by Crippen LogP contribution is -3.00. The molecule has 0 saturated heterocycles. The van der Waals surface area contributed by atoms with Crippen LogP contribution < -0.4 is 82.4 Å². The number of halogens is 4. The Balaban J connectivity index is 0. The first-order valence-corrected chi connectivity index (χ1v) is 12.4. The first-order chi connectivity index (χ1) is 17.9. The molecule has 0 spiro atoms. The lowest BCUT2D eigenvalue weighted by atomic mass is 10.0. The van der Waals surface area contributed by atoms with Gasteiger partial charge < -0.3 is 82.4 Å². The van der Waals surface area contributed by atoms with Gasteiger partial charge in [-0.25, -0.2) is 4.98 Å². The Morgan fingerprint density at radius 2 is 1.46 bits per heavy atom. The van der Waals surface area contributed by atoms with Gasteiger partial charge in [-0.3, -0.25) is 14.4 Å². The van der Waals surface area contributed by atoms with Crippen LogP contribution in [0.25, 0.3) is 10.9 Å². The highest BCUT2D eigenvalue weighted by atomic mass is 35.5. The summed E-state index contributed by atoms with van der Waals surface area (Å²) in [7, 11) is 0. The van der Waals surface area contributed by atoms with Crippen molar-refractivity contribution in [2.75, 3.05) is 31.5 Å². The molecule has 9 N–H and O–H groups in total. The molecule has 0 unspecified atom stereocenters. The molecule has 41 heavy (non-hydrogen) atoms. The quantitative estimate of drug-likeness (QED) is 0.123. The maximum absolute atomic E-state index is 13.2. The van der Waals surface area contributed by atoms with Gasteiger partial charge in [0.1, 0.15) is 11.7 Å². The Hall–Kier alpha value is -2.70. The van der Waals surface area contributed by atoms with Crippen molar-refractivity contribution in [1.29, 1.82) is 0 Å². The van der Waals surface area contributed by atoms with E-state index in [1.54, 1.807) is 6.20 Å². The minimum atomic E-state index is -1.12. The monoisotopic (exact) mass is 646 g/mol. The van der Waals surface area contributed by atoms with Gasteiger partial charge in [0.25, 0.3) is 0 Å². The van der Waals surface area contributed by atoms with Crippen LogP contribution in [0.2, 0.25) is 0 Å². The molecule has 0 aliphatic heterocycles. The average molecular weight is 648 g/mol. The zero-order valence-corrected chi connectivity index (χ0v) is 25.4. The summed E-state index contributed by atoms with van der Waals surface area (Å²) in [5, 5.41) is 6.56. The third-order valence-corrected chi connectivity index (χ3v) is 6.00. The number of pyridine rings is 1. The van der Waals surface area contributed by atoms with E-state index in [-0.39, 0.29) is 81.0 Å². The van der Waals surface area contributed by atoms with E-state index in [0.717, 1.165) is 16.5 Å². The van der Waals surface area contributed by atoms with Gasteiger partial charge in [0, 0.05) is 37.6 Å². The minimum absolute atomic E-state index is 0. The van der Waals surface area contributed by atoms with Gasteiger partial charge in [-0.2, -0.15) is 0 Å². The van der Waals surface area contributed by atoms with Gasteiger partial charge in [-0.15, -0.1) is 0 Å². The van der Waals surface area contributed by atoms with Crippen molar-refractivity contribution in [1.82, 2.24) is 10.2 Å². The number of amides is 3. The van der Waals surface area contributed by atoms with Crippen molar-refractivity contribution in [3.63, 3.8) is 0 Å². The van der Waals surface area contributed by atoms with Crippen molar-refractivity contribution >= 4 is 34.3 Å². The maximum atomic E-state index is 13.2. The van der Waals surface area contributed by atoms with Crippen molar-refractivity contribution in [3.8, 4) is 0 Å². The molecule has 0 aliphatic rings. The van der Waals surface area contributed by atoms with E-state index in [1.807, 2.05) is 60.7 Å². The topological polar surface area (TPSA) is 171 Å². The summed E-state index contributed by atoms with van der Waals surface area (Å²) < 4.78 is 0. The largest absolute Gasteiger partial charge is 1.00 e. The first kappa shape index (κ1) is 40.4. The van der Waals surface area contributed by atoms with E-state index in [0.29, 0.717) is 31.6 Å². The van der Waals surface area contributed by atoms with Gasteiger partial charge in [0.05, 0.1) is 12.5 Å². The Morgan fingerprint density at radius 1 is 0.854 bits per heavy atom. The zero-order valence-electron chi connectivity index (χ0n) is 22.4. The Kier molecular flexibility index (Phi) is 20.8. The number of hydrogen-bond donors (Lipinski definition) is 5. The summed E-state index contributed by atoms with van der Waals surface area (Å²) in [5.74, 6) is -1.26. The van der Waals surface area contributed by atoms with E-state index < -0.39 is 18.0 Å². The van der Waals surface area contributed by atoms with E-state index in [2.05, 4.69) is 15.6 Å². The number of nitrogens with one attached hydrogen (secondary N) is 3. The second-order valence-electron chi connectivity index (χ2n) is 8.82. The Morgan fingerprint density at radius 3 is 2.10 bits per heavy atom. The van der Waals surface area contributed by atoms with E-state index in [1.165, 1.54) is 4.90 Å². The summed E-state index contributed by atoms with van der Waals surface area (Å²) in [6.45, 7) is 1.22. The molecular weight excluding hydrogens is 612 g/mol. The normalized spacial score (nSPS) is 11.3. The van der Waals surface area contributed by atoms with E-state index >= 15 is 0 Å². The number of anilines is 1. The highest BCUT2D eigenvalue weighted by Gasteiger charge is 2.27. The van der Waals surface area contributed by atoms with Crippen LogP contribution >= 0.6 is 0 Å². The lowest BCUT2D eigenvalue weighted by molar-refractivity contribution is -0.343. The van der Waals surface area contributed by atoms with E-state index in [9.17, 15) is 14.4 Å². The number of aromatic amines is 1. The lowest BCUT2D eigenvalue weighted by Gasteiger charge is -2.24. The molecular formula is C27H36Cl4N7O3-3. The van der Waals surface area contributed by atoms with Crippen LogP contribution in [0.1, 0.15) is 18.4 Å². The third kappa shape index (κ3) is 12.8. The predicted octanol–water partition coefficient (Wildman–Crippen LogP) is -11.8. The molecule has 0 aliphatic carbocycles. The average Bonchev–Trinajstić information content (AvgIpc) is 2.91. The number of aryl methyl sites for hydroxylation is 1. The number of benzene rings is 2. The maximum Gasteiger partial charge on any atom is 0.247 e. The van der Waals surface area contributed by atoms with Crippen LogP contribution in [0.15, 0.2) is 66.9 Å². The molecule has 1 heterocycles. The Labute approximate surface area is 265 Å². The molecule has 3 rings (SSSR count). The fourth-order valence-corrected chi connectivity index (χ4v) is 4.01. The fraction of sp³-hybridized carbons (Fsp3) is 0.333. The number of nitrogens with two attached hydrogens (primary N) is 3. The summed E-state index contributed by atoms with van der Waals surface area (Å²) in [6.07, 6.45) is 2.41. The van der Waals surface area contributed by atoms with Crippen molar-refractivity contribution in [2.45, 2.75) is 31.3 Å². The minimum Gasteiger partial charge on any atom is -1.00 e. The van der Waals surface area contributed by atoms with Crippen LogP contribution in [-0.2, 0) is 20.8 Å². The number of carbonyl (C=O) groups is 3. The molecule has 2 atom stereocenters. The predicted molar refractivity (Wildman–Crippen MR) is 143 cm³/mol. The van der Waals surface area contributed by atoms with Crippen molar-refractivity contribution < 1.29 is 69.0 Å².